The van der Waals surface area contributed by atoms with E-state index in [2.05, 4.69) is 11.9 Å². The van der Waals surface area contributed by atoms with Gasteiger partial charge < -0.3 is 4.90 Å². The van der Waals surface area contributed by atoms with E-state index in [0.717, 1.165) is 11.1 Å². The Kier molecular flexibility index (Phi) is 7.07. The van der Waals surface area contributed by atoms with Crippen molar-refractivity contribution < 1.29 is 18.8 Å². The van der Waals surface area contributed by atoms with Crippen LogP contribution in [0.4, 0.5) is 4.39 Å². The van der Waals surface area contributed by atoms with Gasteiger partial charge in [-0.3, -0.25) is 24.1 Å². The molecule has 24 heavy (non-hydrogen) atoms. The summed E-state index contributed by atoms with van der Waals surface area (Å²) >= 11 is 0. The Morgan fingerprint density at radius 2 is 1.96 bits per heavy atom. The molecule has 132 valence electrons. The summed E-state index contributed by atoms with van der Waals surface area (Å²) in [4.78, 5) is 37.3. The zero-order chi connectivity index (χ0) is 18.4. The van der Waals surface area contributed by atoms with Crippen molar-refractivity contribution in [3.8, 4) is 0 Å². The van der Waals surface area contributed by atoms with E-state index in [9.17, 15) is 18.8 Å². The predicted octanol–water partition coefficient (Wildman–Crippen LogP) is 2.30. The van der Waals surface area contributed by atoms with E-state index in [0.29, 0.717) is 31.6 Å². The highest BCUT2D eigenvalue weighted by atomic mass is 19.1. The van der Waals surface area contributed by atoms with Gasteiger partial charge in [-0.05, 0) is 24.8 Å². The van der Waals surface area contributed by atoms with E-state index in [4.69, 9.17) is 0 Å². The zero-order valence-corrected chi connectivity index (χ0v) is 14.7. The summed E-state index contributed by atoms with van der Waals surface area (Å²) in [5.41, 5.74) is 2.45. The lowest BCUT2D eigenvalue weighted by atomic mass is 10.00. The van der Waals surface area contributed by atoms with E-state index in [1.54, 1.807) is 11.0 Å². The first-order valence-corrected chi connectivity index (χ1v) is 7.93. The Balaban J connectivity index is 0.00000139. The summed E-state index contributed by atoms with van der Waals surface area (Å²) in [6, 6.07) is -0.571. The minimum Gasteiger partial charge on any atom is -0.322 e. The van der Waals surface area contributed by atoms with E-state index >= 15 is 0 Å². The molecule has 1 N–H and O–H groups in total. The second-order valence-electron chi connectivity index (χ2n) is 6.00. The lowest BCUT2D eigenvalue weighted by Crippen LogP contribution is -2.52. The Bertz CT molecular complexity index is 605. The molecule has 1 unspecified atom stereocenters. The van der Waals surface area contributed by atoms with Crippen LogP contribution in [-0.2, 0) is 14.4 Å². The topological polar surface area (TPSA) is 66.5 Å². The average molecular weight is 336 g/mol. The summed E-state index contributed by atoms with van der Waals surface area (Å²) in [6.07, 6.45) is 4.35. The Hall–Kier alpha value is -2.24. The molecule has 2 saturated heterocycles. The molecule has 0 saturated carbocycles. The number of carbonyl (C=O) groups is 3. The smallest absolute Gasteiger partial charge is 0.254 e. The highest BCUT2D eigenvalue weighted by Crippen LogP contribution is 2.29. The van der Waals surface area contributed by atoms with Crippen molar-refractivity contribution in [2.75, 3.05) is 13.7 Å². The largest absolute Gasteiger partial charge is 0.322 e. The van der Waals surface area contributed by atoms with Crippen LogP contribution < -0.4 is 5.32 Å². The predicted molar refractivity (Wildman–Crippen MR) is 90.7 cm³/mol. The summed E-state index contributed by atoms with van der Waals surface area (Å²) < 4.78 is 9.50. The van der Waals surface area contributed by atoms with Crippen LogP contribution in [0.2, 0.25) is 0 Å². The van der Waals surface area contributed by atoms with Gasteiger partial charge in [0.25, 0.3) is 5.91 Å². The summed E-state index contributed by atoms with van der Waals surface area (Å²) in [6.45, 7) is 10.3. The molecule has 0 radical (unpaired) electrons. The van der Waals surface area contributed by atoms with Gasteiger partial charge in [-0.1, -0.05) is 38.2 Å². The molecule has 3 amide bonds. The number of piperidine rings is 1. The second-order valence-corrected chi connectivity index (χ2v) is 6.00. The molecular weight excluding hydrogens is 311 g/mol. The molecule has 2 aliphatic rings. The van der Waals surface area contributed by atoms with E-state index in [1.165, 1.54) is 0 Å². The van der Waals surface area contributed by atoms with Gasteiger partial charge in [0.05, 0.1) is 7.18 Å². The maximum absolute atomic E-state index is 12.5. The Morgan fingerprint density at radius 1 is 1.33 bits per heavy atom. The number of carbonyl (C=O) groups excluding carboxylic acids is 3. The number of nitrogens with one attached hydrogen (secondary N) is 1. The Labute approximate surface area is 142 Å². The monoisotopic (exact) mass is 336 g/mol. The fraction of sp³-hybridized carbons (Fsp3) is 0.500. The van der Waals surface area contributed by atoms with Gasteiger partial charge in [0.15, 0.2) is 0 Å². The van der Waals surface area contributed by atoms with Crippen LogP contribution in [-0.4, -0.2) is 42.4 Å². The van der Waals surface area contributed by atoms with Crippen LogP contribution in [0.5, 0.6) is 0 Å². The molecule has 0 aromatic heterocycles. The van der Waals surface area contributed by atoms with Gasteiger partial charge in [-0.25, -0.2) is 0 Å². The maximum atomic E-state index is 12.5. The van der Waals surface area contributed by atoms with Crippen LogP contribution in [0.15, 0.2) is 35.5 Å². The molecule has 0 aromatic carbocycles. The van der Waals surface area contributed by atoms with Crippen molar-refractivity contribution in [2.24, 2.45) is 5.92 Å². The molecule has 2 aliphatic heterocycles. The van der Waals surface area contributed by atoms with Crippen LogP contribution in [0.25, 0.3) is 0 Å². The molecule has 6 heteroatoms. The van der Waals surface area contributed by atoms with Crippen molar-refractivity contribution in [1.82, 2.24) is 10.2 Å². The number of likely N-dealkylation sites (tertiary alicyclic amines) is 1. The summed E-state index contributed by atoms with van der Waals surface area (Å²) in [5, 5.41) is 2.31. The molecule has 2 fully saturated rings. The molecular formula is C18H25FN2O3. The first-order chi connectivity index (χ1) is 11.3. The summed E-state index contributed by atoms with van der Waals surface area (Å²) in [7, 11) is 0.500. The standard InChI is InChI=1S/C17H22N2O3.CH3F/c1-5-13-12(8-11(4)10(2)3)9-19(17(13)22)14-6-7-15(20)18-16(14)21;1-2/h5,8,10,14H,4,6-7,9H2,1-3H3,(H,18,20,21);1H3/b12-8-,13-5+;. The van der Waals surface area contributed by atoms with Crippen molar-refractivity contribution in [1.29, 1.82) is 0 Å². The second kappa shape index (κ2) is 8.57. The number of allylic oxidation sites excluding steroid dienone is 3. The number of hydrogen-bond acceptors (Lipinski definition) is 3. The first kappa shape index (κ1) is 19.8. The van der Waals surface area contributed by atoms with Crippen molar-refractivity contribution >= 4 is 17.7 Å². The Morgan fingerprint density at radius 3 is 2.46 bits per heavy atom. The maximum Gasteiger partial charge on any atom is 0.254 e. The molecule has 5 nitrogen and oxygen atoms in total. The van der Waals surface area contributed by atoms with Crippen LogP contribution >= 0.6 is 0 Å². The molecule has 0 spiro atoms. The van der Waals surface area contributed by atoms with Crippen molar-refractivity contribution in [2.45, 2.75) is 39.7 Å². The van der Waals surface area contributed by atoms with E-state index < -0.39 is 6.04 Å². The van der Waals surface area contributed by atoms with Gasteiger partial charge >= 0.3 is 0 Å². The number of amides is 3. The third-order valence-corrected chi connectivity index (χ3v) is 4.15. The van der Waals surface area contributed by atoms with Crippen molar-refractivity contribution in [3.05, 3.63) is 35.5 Å². The minimum absolute atomic E-state index is 0.153. The van der Waals surface area contributed by atoms with Gasteiger partial charge in [0.1, 0.15) is 6.04 Å². The van der Waals surface area contributed by atoms with Crippen LogP contribution in [0, 0.1) is 5.92 Å². The number of imide groups is 1. The highest BCUT2D eigenvalue weighted by molar-refractivity contribution is 6.06. The first-order valence-electron chi connectivity index (χ1n) is 7.93. The number of hydrogen-bond donors (Lipinski definition) is 1. The molecule has 2 rings (SSSR count). The third kappa shape index (κ3) is 4.19. The number of alkyl halides is 1. The number of nitrogens with zero attached hydrogens (tertiary/aromatic N) is 1. The molecule has 1 atom stereocenters. The number of rotatable bonds is 3. The lowest BCUT2D eigenvalue weighted by molar-refractivity contribution is -0.142. The van der Waals surface area contributed by atoms with E-state index in [-0.39, 0.29) is 24.1 Å². The average Bonchev–Trinajstić information content (AvgIpc) is 2.84. The number of halogens is 1. The van der Waals surface area contributed by atoms with Crippen LogP contribution in [0.1, 0.15) is 33.6 Å². The van der Waals surface area contributed by atoms with Crippen LogP contribution in [0.3, 0.4) is 0 Å². The van der Waals surface area contributed by atoms with Gasteiger partial charge in [0, 0.05) is 18.5 Å². The van der Waals surface area contributed by atoms with Gasteiger partial charge in [-0.15, -0.1) is 0 Å². The molecule has 0 aromatic rings. The molecule has 0 bridgehead atoms. The summed E-state index contributed by atoms with van der Waals surface area (Å²) in [5.74, 6) is -0.516. The van der Waals surface area contributed by atoms with Crippen molar-refractivity contribution in [3.63, 3.8) is 0 Å². The highest BCUT2D eigenvalue weighted by Gasteiger charge is 2.40. The SMILES string of the molecule is C=C(/C=C1/CN(C2CCC(=O)NC2=O)C(=O)/C1=C/C)C(C)C.CF. The quantitative estimate of drug-likeness (QED) is 0.635. The van der Waals surface area contributed by atoms with Gasteiger partial charge in [0.2, 0.25) is 11.8 Å². The van der Waals surface area contributed by atoms with E-state index in [1.807, 2.05) is 26.8 Å². The fourth-order valence-corrected chi connectivity index (χ4v) is 2.69. The molecule has 0 aliphatic carbocycles. The van der Waals surface area contributed by atoms with Gasteiger partial charge in [-0.2, -0.15) is 0 Å². The third-order valence-electron chi connectivity index (χ3n) is 4.15. The molecule has 2 heterocycles. The lowest BCUT2D eigenvalue weighted by Gasteiger charge is -2.28. The fourth-order valence-electron chi connectivity index (χ4n) is 2.69. The minimum atomic E-state index is -0.571. The normalized spacial score (nSPS) is 24.3. The zero-order valence-electron chi connectivity index (χ0n) is 14.7.